The van der Waals surface area contributed by atoms with E-state index >= 15 is 0 Å². The Balaban J connectivity index is 0.000000924. The van der Waals surface area contributed by atoms with Crippen molar-refractivity contribution in [3.8, 4) is 0 Å². The maximum atomic E-state index is 6.11. The smallest absolute Gasteiger partial charge is 0.188 e. The van der Waals surface area contributed by atoms with Gasteiger partial charge in [0.25, 0.3) is 0 Å². The summed E-state index contributed by atoms with van der Waals surface area (Å²) >= 11 is 9.34. The van der Waals surface area contributed by atoms with Gasteiger partial charge < -0.3 is 5.32 Å². The lowest BCUT2D eigenvalue weighted by atomic mass is 10.4. The van der Waals surface area contributed by atoms with E-state index in [1.54, 1.807) is 23.1 Å². The number of nitrogens with zero attached hydrogens (tertiary/aromatic N) is 2. The Labute approximate surface area is 150 Å². The molecule has 6 heteroatoms. The number of hydrogen-bond donors (Lipinski definition) is 1. The second-order valence-electron chi connectivity index (χ2n) is 4.33. The number of anilines is 2. The summed E-state index contributed by atoms with van der Waals surface area (Å²) < 4.78 is 0. The van der Waals surface area contributed by atoms with Crippen molar-refractivity contribution in [2.45, 2.75) is 30.6 Å². The van der Waals surface area contributed by atoms with Gasteiger partial charge in [-0.25, -0.2) is 9.97 Å². The maximum absolute atomic E-state index is 6.11. The largest absolute Gasteiger partial charge is 0.316 e. The van der Waals surface area contributed by atoms with Crippen LogP contribution in [0, 0.1) is 6.92 Å². The number of rotatable bonds is 4. The number of aromatic nitrogens is 2. The highest BCUT2D eigenvalue weighted by Gasteiger charge is 2.05. The summed E-state index contributed by atoms with van der Waals surface area (Å²) in [4.78, 5) is 11.9. The van der Waals surface area contributed by atoms with Crippen LogP contribution in [-0.4, -0.2) is 9.97 Å². The van der Waals surface area contributed by atoms with Crippen molar-refractivity contribution in [3.63, 3.8) is 0 Å². The quantitative estimate of drug-likeness (QED) is 0.542. The van der Waals surface area contributed by atoms with E-state index in [9.17, 15) is 0 Å². The van der Waals surface area contributed by atoms with Crippen LogP contribution in [0.1, 0.15) is 18.7 Å². The summed E-state index contributed by atoms with van der Waals surface area (Å²) in [5.74, 6) is 0.704. The van der Waals surface area contributed by atoms with E-state index in [4.69, 9.17) is 11.6 Å². The molecule has 23 heavy (non-hydrogen) atoms. The van der Waals surface area contributed by atoms with Gasteiger partial charge in [0, 0.05) is 20.9 Å². The molecule has 2 aromatic heterocycles. The van der Waals surface area contributed by atoms with Crippen molar-refractivity contribution in [3.05, 3.63) is 58.7 Å². The van der Waals surface area contributed by atoms with E-state index in [-0.39, 0.29) is 0 Å². The van der Waals surface area contributed by atoms with Crippen molar-refractivity contribution >= 4 is 45.6 Å². The molecule has 0 atom stereocenters. The Morgan fingerprint density at radius 1 is 1.09 bits per heavy atom. The first-order chi connectivity index (χ1) is 11.2. The summed E-state index contributed by atoms with van der Waals surface area (Å²) in [7, 11) is 0. The molecule has 1 N–H and O–H groups in total. The lowest BCUT2D eigenvalue weighted by molar-refractivity contribution is 1.24. The fraction of sp³-hybridized carbons (Fsp3) is 0.176. The number of nitrogens with one attached hydrogen (secondary N) is 1. The first-order valence-corrected chi connectivity index (χ1v) is 9.30. The van der Waals surface area contributed by atoms with Gasteiger partial charge >= 0.3 is 0 Å². The minimum atomic E-state index is 0.465. The van der Waals surface area contributed by atoms with Gasteiger partial charge in [0.05, 0.1) is 0 Å². The van der Waals surface area contributed by atoms with Gasteiger partial charge in [0.2, 0.25) is 0 Å². The fourth-order valence-electron chi connectivity index (χ4n) is 1.74. The summed E-state index contributed by atoms with van der Waals surface area (Å²) in [6.07, 6.45) is 1.83. The van der Waals surface area contributed by atoms with Crippen LogP contribution in [0.25, 0.3) is 0 Å². The highest BCUT2D eigenvalue weighted by atomic mass is 35.5. The predicted octanol–water partition coefficient (Wildman–Crippen LogP) is 6.42. The highest BCUT2D eigenvalue weighted by Crippen LogP contribution is 2.31. The van der Waals surface area contributed by atoms with Gasteiger partial charge in [-0.3, -0.25) is 0 Å². The normalized spacial score (nSPS) is 9.91. The highest BCUT2D eigenvalue weighted by molar-refractivity contribution is 7.99. The SMILES string of the molecule is CC.Cc1cnc(Nc2cc(Sc3ccccc3)cc(Cl)n2)s1. The van der Waals surface area contributed by atoms with Crippen molar-refractivity contribution < 1.29 is 0 Å². The zero-order chi connectivity index (χ0) is 16.7. The zero-order valence-electron chi connectivity index (χ0n) is 13.2. The van der Waals surface area contributed by atoms with Crippen molar-refractivity contribution in [2.24, 2.45) is 0 Å². The van der Waals surface area contributed by atoms with Crippen LogP contribution in [-0.2, 0) is 0 Å². The molecule has 0 radical (unpaired) electrons. The molecule has 0 amide bonds. The molecule has 1 aromatic carbocycles. The molecular weight excluding hydrogens is 346 g/mol. The van der Waals surface area contributed by atoms with Gasteiger partial charge in [-0.15, -0.1) is 11.3 Å². The van der Waals surface area contributed by atoms with Crippen molar-refractivity contribution in [1.82, 2.24) is 9.97 Å². The molecule has 3 aromatic rings. The summed E-state index contributed by atoms with van der Waals surface area (Å²) in [6, 6.07) is 14.0. The predicted molar refractivity (Wildman–Crippen MR) is 101 cm³/mol. The molecule has 3 rings (SSSR count). The molecule has 0 saturated heterocycles. The minimum absolute atomic E-state index is 0.465. The Morgan fingerprint density at radius 2 is 1.83 bits per heavy atom. The zero-order valence-corrected chi connectivity index (χ0v) is 15.6. The van der Waals surface area contributed by atoms with Crippen molar-refractivity contribution in [2.75, 3.05) is 5.32 Å². The Kier molecular flexibility index (Phi) is 6.89. The van der Waals surface area contributed by atoms with Crippen LogP contribution >= 0.6 is 34.7 Å². The number of thiazole rings is 1. The van der Waals surface area contributed by atoms with Gasteiger partial charge in [-0.2, -0.15) is 0 Å². The standard InChI is InChI=1S/C15H12ClN3S2.C2H6/c1-10-9-17-15(20-10)19-14-8-12(7-13(16)18-14)21-11-5-3-2-4-6-11;1-2/h2-9H,1H3,(H,17,18,19);1-2H3. The molecule has 0 bridgehead atoms. The molecule has 0 unspecified atom stereocenters. The van der Waals surface area contributed by atoms with Crippen LogP contribution < -0.4 is 5.32 Å². The second kappa shape index (κ2) is 8.91. The number of benzene rings is 1. The van der Waals surface area contributed by atoms with E-state index in [1.807, 2.05) is 57.3 Å². The molecular formula is C17H18ClN3S2. The van der Waals surface area contributed by atoms with Crippen LogP contribution in [0.15, 0.2) is 58.5 Å². The molecule has 120 valence electrons. The summed E-state index contributed by atoms with van der Waals surface area (Å²) in [5, 5.41) is 4.47. The number of halogens is 1. The molecule has 2 heterocycles. The third-order valence-corrected chi connectivity index (χ3v) is 4.60. The Bertz CT molecular complexity index is 745. The van der Waals surface area contributed by atoms with E-state index in [0.29, 0.717) is 11.0 Å². The molecule has 0 aliphatic carbocycles. The minimum Gasteiger partial charge on any atom is -0.316 e. The third kappa shape index (κ3) is 5.53. The van der Waals surface area contributed by atoms with E-state index < -0.39 is 0 Å². The van der Waals surface area contributed by atoms with E-state index in [1.165, 1.54) is 0 Å². The van der Waals surface area contributed by atoms with Gasteiger partial charge in [-0.1, -0.05) is 55.4 Å². The second-order valence-corrected chi connectivity index (χ2v) is 7.10. The lowest BCUT2D eigenvalue weighted by Crippen LogP contribution is -1.93. The average molecular weight is 364 g/mol. The topological polar surface area (TPSA) is 37.8 Å². The monoisotopic (exact) mass is 363 g/mol. The van der Waals surface area contributed by atoms with Gasteiger partial charge in [-0.05, 0) is 31.2 Å². The lowest BCUT2D eigenvalue weighted by Gasteiger charge is -2.06. The number of pyridine rings is 1. The first-order valence-electron chi connectivity index (χ1n) is 7.29. The Morgan fingerprint density at radius 3 is 2.48 bits per heavy atom. The van der Waals surface area contributed by atoms with Crippen molar-refractivity contribution in [1.29, 1.82) is 0 Å². The average Bonchev–Trinajstić information content (AvgIpc) is 2.95. The number of hydrogen-bond acceptors (Lipinski definition) is 5. The van der Waals surface area contributed by atoms with Crippen LogP contribution in [0.2, 0.25) is 5.15 Å². The molecule has 0 aliphatic rings. The number of aryl methyl sites for hydroxylation is 1. The van der Waals surface area contributed by atoms with E-state index in [2.05, 4.69) is 27.4 Å². The maximum Gasteiger partial charge on any atom is 0.188 e. The third-order valence-electron chi connectivity index (χ3n) is 2.60. The van der Waals surface area contributed by atoms with Crippen LogP contribution in [0.3, 0.4) is 0 Å². The molecule has 0 aliphatic heterocycles. The molecule has 0 saturated carbocycles. The van der Waals surface area contributed by atoms with Crippen LogP contribution in [0.5, 0.6) is 0 Å². The fourth-order valence-corrected chi connectivity index (χ4v) is 3.59. The van der Waals surface area contributed by atoms with Crippen LogP contribution in [0.4, 0.5) is 10.9 Å². The molecule has 0 spiro atoms. The van der Waals surface area contributed by atoms with Gasteiger partial charge in [0.1, 0.15) is 11.0 Å². The summed E-state index contributed by atoms with van der Waals surface area (Å²) in [6.45, 7) is 6.02. The summed E-state index contributed by atoms with van der Waals surface area (Å²) in [5.41, 5.74) is 0. The Hall–Kier alpha value is -1.56. The van der Waals surface area contributed by atoms with E-state index in [0.717, 1.165) is 19.8 Å². The molecule has 0 fully saturated rings. The first kappa shape index (κ1) is 17.8. The molecule has 3 nitrogen and oxygen atoms in total. The van der Waals surface area contributed by atoms with Gasteiger partial charge in [0.15, 0.2) is 5.13 Å².